The quantitative estimate of drug-likeness (QED) is 0.330. The van der Waals surface area contributed by atoms with Crippen molar-refractivity contribution < 1.29 is 19.4 Å². The van der Waals surface area contributed by atoms with Crippen molar-refractivity contribution >= 4 is 11.8 Å². The average Bonchev–Trinajstić information content (AvgIpc) is 2.89. The summed E-state index contributed by atoms with van der Waals surface area (Å²) < 4.78 is 5.04. The van der Waals surface area contributed by atoms with Crippen molar-refractivity contribution in [1.29, 1.82) is 0 Å². The van der Waals surface area contributed by atoms with Gasteiger partial charge in [0.25, 0.3) is 11.8 Å². The Morgan fingerprint density at radius 1 is 0.895 bits per heavy atom. The minimum absolute atomic E-state index is 0.122. The number of carbonyl (C=O) groups is 2. The number of benzene rings is 2. The number of rotatable bonds is 10. The highest BCUT2D eigenvalue weighted by atomic mass is 16.5. The van der Waals surface area contributed by atoms with Crippen molar-refractivity contribution in [3.63, 3.8) is 0 Å². The number of methoxy groups -OCH3 is 1. The molecule has 202 valence electrons. The van der Waals surface area contributed by atoms with E-state index in [4.69, 9.17) is 4.74 Å². The molecule has 2 amide bonds. The molecule has 38 heavy (non-hydrogen) atoms. The molecule has 0 aliphatic rings. The highest BCUT2D eigenvalue weighted by Gasteiger charge is 2.26. The van der Waals surface area contributed by atoms with E-state index in [0.29, 0.717) is 11.8 Å². The number of aromatic hydroxyl groups is 1. The SMILES string of the molecule is COc1ccnc(C(=O)N[C@@H](C)C(=O)NN(C)C(c2cccc(C(C)C)c2)c2cccc(C(C)C)c2)c1O. The molecule has 0 aliphatic carbocycles. The molecule has 8 heteroatoms. The molecule has 0 unspecified atom stereocenters. The van der Waals surface area contributed by atoms with Crippen LogP contribution in [0.1, 0.15) is 85.2 Å². The molecule has 0 saturated carbocycles. The van der Waals surface area contributed by atoms with Gasteiger partial charge in [0.05, 0.1) is 13.2 Å². The van der Waals surface area contributed by atoms with Gasteiger partial charge in [0.2, 0.25) is 0 Å². The van der Waals surface area contributed by atoms with Gasteiger partial charge in [-0.25, -0.2) is 9.99 Å². The lowest BCUT2D eigenvalue weighted by molar-refractivity contribution is -0.127. The molecule has 1 heterocycles. The molecule has 1 aromatic heterocycles. The van der Waals surface area contributed by atoms with Crippen LogP contribution in [0.4, 0.5) is 0 Å². The van der Waals surface area contributed by atoms with Crippen LogP contribution in [-0.4, -0.2) is 47.1 Å². The molecule has 3 N–H and O–H groups in total. The zero-order valence-corrected chi connectivity index (χ0v) is 23.1. The smallest absolute Gasteiger partial charge is 0.274 e. The van der Waals surface area contributed by atoms with Gasteiger partial charge in [0.15, 0.2) is 17.2 Å². The van der Waals surface area contributed by atoms with Crippen LogP contribution in [0, 0.1) is 0 Å². The number of hydrogen-bond acceptors (Lipinski definition) is 6. The molecule has 2 aromatic carbocycles. The first kappa shape index (κ1) is 28.7. The van der Waals surface area contributed by atoms with Gasteiger partial charge in [-0.1, -0.05) is 76.2 Å². The van der Waals surface area contributed by atoms with Crippen LogP contribution in [0.15, 0.2) is 60.8 Å². The molecule has 0 bridgehead atoms. The third kappa shape index (κ3) is 6.69. The fourth-order valence-corrected chi connectivity index (χ4v) is 4.25. The lowest BCUT2D eigenvalue weighted by atomic mass is 9.91. The molecule has 0 saturated heterocycles. The number of nitrogens with one attached hydrogen (secondary N) is 2. The lowest BCUT2D eigenvalue weighted by Crippen LogP contribution is -2.51. The highest BCUT2D eigenvalue weighted by molar-refractivity contribution is 5.98. The fourth-order valence-electron chi connectivity index (χ4n) is 4.25. The molecule has 0 spiro atoms. The third-order valence-electron chi connectivity index (χ3n) is 6.52. The second kappa shape index (κ2) is 12.6. The summed E-state index contributed by atoms with van der Waals surface area (Å²) >= 11 is 0. The van der Waals surface area contributed by atoms with Gasteiger partial charge >= 0.3 is 0 Å². The monoisotopic (exact) mass is 518 g/mol. The van der Waals surface area contributed by atoms with E-state index in [-0.39, 0.29) is 23.2 Å². The first-order chi connectivity index (χ1) is 18.0. The largest absolute Gasteiger partial charge is 0.503 e. The van der Waals surface area contributed by atoms with Crippen LogP contribution in [0.25, 0.3) is 0 Å². The van der Waals surface area contributed by atoms with Gasteiger partial charge in [0, 0.05) is 19.3 Å². The van der Waals surface area contributed by atoms with E-state index in [9.17, 15) is 14.7 Å². The topological polar surface area (TPSA) is 104 Å². The van der Waals surface area contributed by atoms with Crippen LogP contribution in [0.3, 0.4) is 0 Å². The first-order valence-corrected chi connectivity index (χ1v) is 12.8. The predicted molar refractivity (Wildman–Crippen MR) is 148 cm³/mol. The highest BCUT2D eigenvalue weighted by Crippen LogP contribution is 2.31. The zero-order chi connectivity index (χ0) is 28.0. The second-order valence-corrected chi connectivity index (χ2v) is 10.0. The summed E-state index contributed by atoms with van der Waals surface area (Å²) in [6, 6.07) is 17.0. The Bertz CT molecular complexity index is 1220. The molecule has 3 aromatic rings. The average molecular weight is 519 g/mol. The molecule has 0 fully saturated rings. The maximum atomic E-state index is 13.2. The summed E-state index contributed by atoms with van der Waals surface area (Å²) in [7, 11) is 3.20. The van der Waals surface area contributed by atoms with Gasteiger partial charge in [0.1, 0.15) is 6.04 Å². The molecule has 1 atom stereocenters. The third-order valence-corrected chi connectivity index (χ3v) is 6.52. The lowest BCUT2D eigenvalue weighted by Gasteiger charge is -2.31. The van der Waals surface area contributed by atoms with E-state index in [1.165, 1.54) is 30.5 Å². The summed E-state index contributed by atoms with van der Waals surface area (Å²) in [5.74, 6) is -0.640. The van der Waals surface area contributed by atoms with Gasteiger partial charge in [-0.05, 0) is 41.0 Å². The van der Waals surface area contributed by atoms with Gasteiger partial charge in [-0.2, -0.15) is 0 Å². The number of amides is 2. The number of carbonyl (C=O) groups excluding carboxylic acids is 2. The van der Waals surface area contributed by atoms with E-state index in [1.807, 2.05) is 19.2 Å². The second-order valence-electron chi connectivity index (χ2n) is 10.0. The number of aromatic nitrogens is 1. The number of pyridine rings is 1. The van der Waals surface area contributed by atoms with Crippen LogP contribution < -0.4 is 15.5 Å². The molecule has 3 rings (SSSR count). The number of ether oxygens (including phenoxy) is 1. The Morgan fingerprint density at radius 2 is 1.42 bits per heavy atom. The number of nitrogens with zero attached hydrogens (tertiary/aromatic N) is 2. The summed E-state index contributed by atoms with van der Waals surface area (Å²) in [6.07, 6.45) is 1.35. The van der Waals surface area contributed by atoms with Crippen molar-refractivity contribution in [2.75, 3.05) is 14.2 Å². The maximum Gasteiger partial charge on any atom is 0.274 e. The van der Waals surface area contributed by atoms with Gasteiger partial charge in [-0.15, -0.1) is 0 Å². The van der Waals surface area contributed by atoms with Crippen molar-refractivity contribution in [2.45, 2.75) is 58.5 Å². The van der Waals surface area contributed by atoms with Crippen LogP contribution in [-0.2, 0) is 4.79 Å². The van der Waals surface area contributed by atoms with E-state index in [0.717, 1.165) is 11.1 Å². The van der Waals surface area contributed by atoms with E-state index in [1.54, 1.807) is 11.9 Å². The number of hydrazine groups is 1. The van der Waals surface area contributed by atoms with E-state index in [2.05, 4.69) is 79.8 Å². The van der Waals surface area contributed by atoms with Crippen molar-refractivity contribution in [3.8, 4) is 11.5 Å². The molecule has 0 aliphatic heterocycles. The van der Waals surface area contributed by atoms with Crippen LogP contribution in [0.2, 0.25) is 0 Å². The Hall–Kier alpha value is -3.91. The van der Waals surface area contributed by atoms with Crippen LogP contribution >= 0.6 is 0 Å². The van der Waals surface area contributed by atoms with Crippen molar-refractivity contribution in [3.05, 3.63) is 88.7 Å². The first-order valence-electron chi connectivity index (χ1n) is 12.8. The van der Waals surface area contributed by atoms with Gasteiger partial charge in [-0.3, -0.25) is 15.0 Å². The Balaban J connectivity index is 1.85. The van der Waals surface area contributed by atoms with Gasteiger partial charge < -0.3 is 15.2 Å². The summed E-state index contributed by atoms with van der Waals surface area (Å²) in [5, 5.41) is 14.6. The van der Waals surface area contributed by atoms with Crippen molar-refractivity contribution in [2.24, 2.45) is 0 Å². The Morgan fingerprint density at radius 3 is 1.92 bits per heavy atom. The molecule has 0 radical (unpaired) electrons. The Kier molecular flexibility index (Phi) is 9.47. The number of hydrogen-bond donors (Lipinski definition) is 3. The normalized spacial score (nSPS) is 12.2. The summed E-state index contributed by atoms with van der Waals surface area (Å²) in [6.45, 7) is 10.2. The molecule has 8 nitrogen and oxygen atoms in total. The molecular weight excluding hydrogens is 480 g/mol. The molecular formula is C30H38N4O4. The zero-order valence-electron chi connectivity index (χ0n) is 23.1. The fraction of sp³-hybridized carbons (Fsp3) is 0.367. The van der Waals surface area contributed by atoms with Crippen molar-refractivity contribution in [1.82, 2.24) is 20.7 Å². The maximum absolute atomic E-state index is 13.2. The summed E-state index contributed by atoms with van der Waals surface area (Å²) in [4.78, 5) is 29.8. The minimum atomic E-state index is -0.901. The Labute approximate surface area is 225 Å². The predicted octanol–water partition coefficient (Wildman–Crippen LogP) is 4.91. The summed E-state index contributed by atoms with van der Waals surface area (Å²) in [5.41, 5.74) is 7.22. The van der Waals surface area contributed by atoms with E-state index >= 15 is 0 Å². The van der Waals surface area contributed by atoms with E-state index < -0.39 is 17.9 Å². The minimum Gasteiger partial charge on any atom is -0.503 e. The van der Waals surface area contributed by atoms with Crippen LogP contribution in [0.5, 0.6) is 11.5 Å². The standard InChI is InChI=1S/C30H38N4O4/c1-18(2)21-10-8-12-23(16-21)27(24-13-9-11-22(17-24)19(3)4)34(6)33-29(36)20(5)32-30(37)26-28(35)25(38-7)14-15-31-26/h8-20,27,35H,1-7H3,(H,32,37)(H,33,36)/t20-/m0/s1.